The Morgan fingerprint density at radius 1 is 0.387 bits per heavy atom. The van der Waals surface area contributed by atoms with Gasteiger partial charge in [-0.15, -0.1) is 35.9 Å². The van der Waals surface area contributed by atoms with E-state index in [0.29, 0.717) is 11.5 Å². The van der Waals surface area contributed by atoms with E-state index < -0.39 is 0 Å². The van der Waals surface area contributed by atoms with E-state index in [9.17, 15) is 0 Å². The average Bonchev–Trinajstić information content (AvgIpc) is 3.90. The van der Waals surface area contributed by atoms with Gasteiger partial charge in [-0.05, 0) is 131 Å². The first-order valence-corrected chi connectivity index (χ1v) is 24.8. The number of aromatic nitrogens is 3. The van der Waals surface area contributed by atoms with Crippen molar-refractivity contribution in [3.63, 3.8) is 0 Å². The van der Waals surface area contributed by atoms with Crippen molar-refractivity contribution in [2.45, 2.75) is 0 Å². The molecule has 0 radical (unpaired) electrons. The molecule has 0 amide bonds. The van der Waals surface area contributed by atoms with Crippen molar-refractivity contribution < 1.29 is 30.4 Å². The summed E-state index contributed by atoms with van der Waals surface area (Å²) in [5.74, 6) is 1.12. The Morgan fingerprint density at radius 2 is 0.853 bits per heavy atom. The van der Waals surface area contributed by atoms with E-state index in [-0.39, 0.29) is 21.1 Å². The Hall–Kier alpha value is -9.21. The monoisotopic (exact) mass is 1140 g/mol. The molecule has 0 atom stereocenters. The Bertz CT molecular complexity index is 3890. The maximum atomic E-state index is 6.59. The first-order chi connectivity index (χ1) is 36.7. The van der Waals surface area contributed by atoms with Gasteiger partial charge < -0.3 is 14.3 Å². The molecule has 0 saturated carbocycles. The zero-order valence-electron chi connectivity index (χ0n) is 40.5. The van der Waals surface area contributed by atoms with E-state index in [2.05, 4.69) is 246 Å². The quantitative estimate of drug-likeness (QED) is 0.0955. The van der Waals surface area contributed by atoms with Crippen LogP contribution < -0.4 is 9.30 Å². The summed E-state index contributed by atoms with van der Waals surface area (Å²) in [4.78, 5) is 4.75. The number of rotatable bonds is 11. The zero-order chi connectivity index (χ0) is 49.2. The smallest absolute Gasteiger partial charge is 0.268 e. The molecule has 13 rings (SSSR count). The molecule has 0 saturated heterocycles. The van der Waals surface area contributed by atoms with Gasteiger partial charge in [0.05, 0.1) is 16.7 Å². The number of para-hydroxylation sites is 3. The fraction of sp³-hybridized carbons (Fsp3) is 0. The summed E-state index contributed by atoms with van der Waals surface area (Å²) >= 11 is 0. The predicted octanol–water partition coefficient (Wildman–Crippen LogP) is 17.3. The third kappa shape index (κ3) is 9.41. The third-order valence-corrected chi connectivity index (χ3v) is 13.7. The third-order valence-electron chi connectivity index (χ3n) is 13.7. The Labute approximate surface area is 451 Å². The molecule has 0 aliphatic rings. The number of ether oxygens (including phenoxy) is 1. The number of hydrogen-bond acceptors (Lipinski definition) is 2. The number of imidazole rings is 1. The van der Waals surface area contributed by atoms with Crippen LogP contribution in [0.4, 0.5) is 0 Å². The summed E-state index contributed by atoms with van der Waals surface area (Å²) < 4.78 is 10.9. The van der Waals surface area contributed by atoms with Gasteiger partial charge in [0.25, 0.3) is 6.33 Å². The Kier molecular flexibility index (Phi) is 12.9. The van der Waals surface area contributed by atoms with E-state index in [1.54, 1.807) is 0 Å². The number of fused-ring (bicyclic) bond motifs is 2. The van der Waals surface area contributed by atoms with Gasteiger partial charge in [0.1, 0.15) is 0 Å². The van der Waals surface area contributed by atoms with Crippen LogP contribution in [0.25, 0.3) is 111 Å². The van der Waals surface area contributed by atoms with Gasteiger partial charge in [-0.25, -0.2) is 0 Å². The molecule has 0 aliphatic carbocycles. The molecule has 0 aliphatic heterocycles. The molecule has 13 aromatic rings. The molecule has 2 aromatic heterocycles. The van der Waals surface area contributed by atoms with Crippen LogP contribution in [0.5, 0.6) is 11.5 Å². The molecule has 2 heterocycles. The fourth-order valence-corrected chi connectivity index (χ4v) is 10.1. The molecule has 11 aromatic carbocycles. The van der Waals surface area contributed by atoms with E-state index in [0.717, 1.165) is 111 Å². The SMILES string of the molecule is [Pt].[c-]1c(Oc2[c-]c(-n3[c-][n+](-c4c(-c5cc(-c6ccccc6)cc(-c6ccccc6)c5)cccc4-c4cc(-c5ccccc5)cc(-c5ccccc5)c4)c4ccccc43)ccc2)cccc1-c1nccc2ccccc12. The van der Waals surface area contributed by atoms with E-state index in [1.165, 1.54) is 0 Å². The van der Waals surface area contributed by atoms with Gasteiger partial charge in [-0.2, -0.15) is 12.1 Å². The average molecular weight is 1140 g/mol. The Morgan fingerprint density at radius 3 is 1.43 bits per heavy atom. The minimum atomic E-state index is 0. The summed E-state index contributed by atoms with van der Waals surface area (Å²) in [6.45, 7) is 0. The molecule has 0 N–H and O–H groups in total. The van der Waals surface area contributed by atoms with Crippen LogP contribution in [0.15, 0.2) is 273 Å². The van der Waals surface area contributed by atoms with Crippen molar-refractivity contribution >= 4 is 21.8 Å². The van der Waals surface area contributed by atoms with Crippen LogP contribution in [-0.4, -0.2) is 9.55 Å². The summed E-state index contributed by atoms with van der Waals surface area (Å²) in [5.41, 5.74) is 18.8. The standard InChI is InChI=1S/C70H45N3O.Pt/c1-5-20-49(21-6-1)55-40-56(50-22-7-2-8-23-50)43-59(42-55)65-34-19-35-66(60-44-57(51-24-9-3-10-25-51)41-58(45-60)52-26-11-4-12-27-52)70(65)73-48-72(67-36-15-16-37-68(67)73)61-30-18-32-63(47-61)74-62-31-17-29-54(46-62)69-64-33-14-13-28-53(64)38-39-71-69;/h1-45H;/q-2;. The molecule has 0 spiro atoms. The van der Waals surface area contributed by atoms with Crippen LogP contribution in [-0.2, 0) is 21.1 Å². The van der Waals surface area contributed by atoms with Gasteiger partial charge in [0.15, 0.2) is 0 Å². The van der Waals surface area contributed by atoms with Crippen LogP contribution in [0.3, 0.4) is 0 Å². The van der Waals surface area contributed by atoms with E-state index >= 15 is 0 Å². The van der Waals surface area contributed by atoms with Crippen LogP contribution >= 0.6 is 0 Å². The predicted molar refractivity (Wildman–Crippen MR) is 301 cm³/mol. The molecule has 358 valence electrons. The first kappa shape index (κ1) is 46.8. The molecule has 0 fully saturated rings. The van der Waals surface area contributed by atoms with Crippen molar-refractivity contribution in [3.05, 3.63) is 292 Å². The molecular formula is C70H45N3OPt-2. The molecule has 4 nitrogen and oxygen atoms in total. The second-order valence-corrected chi connectivity index (χ2v) is 18.3. The van der Waals surface area contributed by atoms with Crippen molar-refractivity contribution in [1.29, 1.82) is 0 Å². The van der Waals surface area contributed by atoms with Gasteiger partial charge in [-0.1, -0.05) is 194 Å². The summed E-state index contributed by atoms with van der Waals surface area (Å²) in [5, 5.41) is 2.18. The summed E-state index contributed by atoms with van der Waals surface area (Å²) in [6, 6.07) is 101. The summed E-state index contributed by atoms with van der Waals surface area (Å²) in [6.07, 6.45) is 5.74. The van der Waals surface area contributed by atoms with E-state index in [4.69, 9.17) is 9.72 Å². The number of pyridine rings is 1. The number of hydrogen-bond donors (Lipinski definition) is 0. The second kappa shape index (κ2) is 20.7. The molecule has 5 heteroatoms. The number of benzene rings is 11. The van der Waals surface area contributed by atoms with Crippen molar-refractivity contribution in [2.75, 3.05) is 0 Å². The van der Waals surface area contributed by atoms with Crippen molar-refractivity contribution in [1.82, 2.24) is 9.55 Å². The maximum Gasteiger partial charge on any atom is 0.268 e. The van der Waals surface area contributed by atoms with Crippen molar-refractivity contribution in [3.8, 4) is 101 Å². The van der Waals surface area contributed by atoms with Gasteiger partial charge in [-0.3, -0.25) is 4.57 Å². The Balaban J connectivity index is 0.00000569. The fourth-order valence-electron chi connectivity index (χ4n) is 10.1. The number of nitrogens with zero attached hydrogens (tertiary/aromatic N) is 3. The molecular weight excluding hydrogens is 1090 g/mol. The normalized spacial score (nSPS) is 11.1. The molecule has 0 unspecified atom stereocenters. The maximum absolute atomic E-state index is 6.59. The van der Waals surface area contributed by atoms with Gasteiger partial charge in [0, 0.05) is 38.8 Å². The van der Waals surface area contributed by atoms with E-state index in [1.807, 2.05) is 54.7 Å². The van der Waals surface area contributed by atoms with Crippen LogP contribution in [0, 0.1) is 18.5 Å². The zero-order valence-corrected chi connectivity index (χ0v) is 42.8. The topological polar surface area (TPSA) is 30.9 Å². The summed E-state index contributed by atoms with van der Waals surface area (Å²) in [7, 11) is 0. The molecule has 0 bridgehead atoms. The minimum Gasteiger partial charge on any atom is -0.503 e. The van der Waals surface area contributed by atoms with Crippen LogP contribution in [0.1, 0.15) is 0 Å². The van der Waals surface area contributed by atoms with Crippen molar-refractivity contribution in [2.24, 2.45) is 0 Å². The first-order valence-electron chi connectivity index (χ1n) is 24.8. The van der Waals surface area contributed by atoms with Gasteiger partial charge in [0.2, 0.25) is 0 Å². The molecule has 75 heavy (non-hydrogen) atoms. The van der Waals surface area contributed by atoms with Crippen LogP contribution in [0.2, 0.25) is 0 Å². The second-order valence-electron chi connectivity index (χ2n) is 18.3. The van der Waals surface area contributed by atoms with Gasteiger partial charge >= 0.3 is 0 Å². The minimum absolute atomic E-state index is 0. The largest absolute Gasteiger partial charge is 0.503 e.